The molecular weight excluding hydrogens is 320 g/mol. The predicted octanol–water partition coefficient (Wildman–Crippen LogP) is 2.35. The van der Waals surface area contributed by atoms with Crippen molar-refractivity contribution in [3.8, 4) is 0 Å². The highest BCUT2D eigenvalue weighted by Crippen LogP contribution is 2.22. The van der Waals surface area contributed by atoms with E-state index in [2.05, 4.69) is 34.4 Å². The number of rotatable bonds is 10. The van der Waals surface area contributed by atoms with Crippen molar-refractivity contribution in [1.29, 1.82) is 0 Å². The summed E-state index contributed by atoms with van der Waals surface area (Å²) in [6.45, 7) is 10.9. The van der Waals surface area contributed by atoms with E-state index in [1.165, 1.54) is 13.0 Å². The van der Waals surface area contributed by atoms with Crippen molar-refractivity contribution in [2.45, 2.75) is 70.6 Å². The molecule has 1 fully saturated rings. The molecule has 6 heteroatoms. The Labute approximate surface area is 151 Å². The summed E-state index contributed by atoms with van der Waals surface area (Å²) >= 11 is 0. The summed E-state index contributed by atoms with van der Waals surface area (Å²) in [7, 11) is 1.16. The number of guanidine groups is 1. The fourth-order valence-electron chi connectivity index (χ4n) is 3.35. The van der Waals surface area contributed by atoms with E-state index in [-0.39, 0.29) is 0 Å². The molecule has 1 rings (SSSR count). The van der Waals surface area contributed by atoms with Crippen LogP contribution in [0.25, 0.3) is 0 Å². The van der Waals surface area contributed by atoms with Gasteiger partial charge in [0.2, 0.25) is 0 Å². The van der Waals surface area contributed by atoms with E-state index in [1.807, 2.05) is 14.0 Å². The Kier molecular flexibility index (Phi) is 11.3. The Morgan fingerprint density at radius 2 is 1.96 bits per heavy atom. The zero-order chi connectivity index (χ0) is 17.8. The Bertz CT molecular complexity index is 385. The van der Waals surface area contributed by atoms with E-state index in [4.69, 9.17) is 0 Å². The largest absolute Gasteiger partial charge is 0.356 e. The van der Waals surface area contributed by atoms with Gasteiger partial charge < -0.3 is 15.5 Å². The molecule has 1 saturated carbocycles. The lowest BCUT2D eigenvalue weighted by Crippen LogP contribution is -2.46. The Morgan fingerprint density at radius 3 is 2.58 bits per heavy atom. The van der Waals surface area contributed by atoms with Gasteiger partial charge in [0.25, 0.3) is 0 Å². The molecule has 0 aliphatic heterocycles. The molecular formula is C18H38N4OS. The second kappa shape index (κ2) is 12.7. The fraction of sp³-hybridized carbons (Fsp3) is 0.944. The molecule has 0 saturated heterocycles. The molecule has 3 atom stereocenters. The number of nitrogens with one attached hydrogen (secondary N) is 2. The summed E-state index contributed by atoms with van der Waals surface area (Å²) < 4.78 is 12.0. The quantitative estimate of drug-likeness (QED) is 0.358. The van der Waals surface area contributed by atoms with E-state index < -0.39 is 10.8 Å². The molecule has 0 heterocycles. The van der Waals surface area contributed by atoms with Gasteiger partial charge in [-0.2, -0.15) is 0 Å². The lowest BCUT2D eigenvalue weighted by atomic mass is 9.95. The second-order valence-corrected chi connectivity index (χ2v) is 8.54. The van der Waals surface area contributed by atoms with Crippen LogP contribution in [0.2, 0.25) is 0 Å². The predicted molar refractivity (Wildman–Crippen MR) is 106 cm³/mol. The third kappa shape index (κ3) is 7.97. The van der Waals surface area contributed by atoms with Gasteiger partial charge in [0, 0.05) is 41.4 Å². The van der Waals surface area contributed by atoms with E-state index in [0.29, 0.717) is 11.3 Å². The third-order valence-corrected chi connectivity index (χ3v) is 6.68. The standard InChI is InChI=1S/C18H38N4OS/c1-5-22(6-2)14-9-8-13-20-18(19-4)21-16-11-10-12-17(15-16)24(23)7-3/h16-17H,5-15H2,1-4H3,(H2,19,20,21). The van der Waals surface area contributed by atoms with Crippen LogP contribution < -0.4 is 10.6 Å². The first-order chi connectivity index (χ1) is 11.6. The molecule has 142 valence electrons. The molecule has 3 unspecified atom stereocenters. The number of unbranched alkanes of at least 4 members (excludes halogenated alkanes) is 1. The summed E-state index contributed by atoms with van der Waals surface area (Å²) in [6, 6.07) is 0.404. The van der Waals surface area contributed by atoms with E-state index >= 15 is 0 Å². The molecule has 0 radical (unpaired) electrons. The van der Waals surface area contributed by atoms with Crippen LogP contribution in [-0.2, 0) is 10.8 Å². The smallest absolute Gasteiger partial charge is 0.191 e. The van der Waals surface area contributed by atoms with Gasteiger partial charge >= 0.3 is 0 Å². The molecule has 0 aromatic carbocycles. The van der Waals surface area contributed by atoms with Gasteiger partial charge in [-0.05, 0) is 51.7 Å². The Balaban J connectivity index is 2.26. The maximum Gasteiger partial charge on any atom is 0.191 e. The van der Waals surface area contributed by atoms with Crippen molar-refractivity contribution in [1.82, 2.24) is 15.5 Å². The molecule has 0 aromatic heterocycles. The first-order valence-corrected chi connectivity index (χ1v) is 11.1. The van der Waals surface area contributed by atoms with Crippen LogP contribution in [0, 0.1) is 0 Å². The van der Waals surface area contributed by atoms with Crippen LogP contribution >= 0.6 is 0 Å². The number of hydrogen-bond donors (Lipinski definition) is 2. The molecule has 1 aliphatic carbocycles. The van der Waals surface area contributed by atoms with Gasteiger partial charge in [0.15, 0.2) is 5.96 Å². The number of aliphatic imine (C=N–C) groups is 1. The zero-order valence-corrected chi connectivity index (χ0v) is 17.0. The maximum absolute atomic E-state index is 12.0. The molecule has 0 bridgehead atoms. The highest BCUT2D eigenvalue weighted by atomic mass is 32.2. The minimum absolute atomic E-state index is 0.355. The summed E-state index contributed by atoms with van der Waals surface area (Å²) in [6.07, 6.45) is 6.80. The minimum Gasteiger partial charge on any atom is -0.356 e. The fourth-order valence-corrected chi connectivity index (χ4v) is 4.69. The molecule has 0 aromatic rings. The van der Waals surface area contributed by atoms with Gasteiger partial charge in [-0.1, -0.05) is 27.2 Å². The van der Waals surface area contributed by atoms with Crippen LogP contribution in [0.15, 0.2) is 4.99 Å². The molecule has 0 spiro atoms. The first-order valence-electron chi connectivity index (χ1n) is 9.71. The van der Waals surface area contributed by atoms with Gasteiger partial charge in [-0.15, -0.1) is 0 Å². The highest BCUT2D eigenvalue weighted by molar-refractivity contribution is 7.85. The van der Waals surface area contributed by atoms with Crippen LogP contribution in [0.1, 0.15) is 59.3 Å². The van der Waals surface area contributed by atoms with Crippen LogP contribution in [0.5, 0.6) is 0 Å². The Hall–Kier alpha value is -0.620. The monoisotopic (exact) mass is 358 g/mol. The number of hydrogen-bond acceptors (Lipinski definition) is 3. The molecule has 0 amide bonds. The average Bonchev–Trinajstić information content (AvgIpc) is 2.63. The van der Waals surface area contributed by atoms with Crippen molar-refractivity contribution < 1.29 is 4.21 Å². The van der Waals surface area contributed by atoms with Crippen LogP contribution in [0.3, 0.4) is 0 Å². The van der Waals surface area contributed by atoms with Crippen molar-refractivity contribution in [2.75, 3.05) is 39.0 Å². The SMILES string of the molecule is CCN(CC)CCCCNC(=NC)NC1CCCC(S(=O)CC)C1. The van der Waals surface area contributed by atoms with E-state index in [9.17, 15) is 4.21 Å². The summed E-state index contributed by atoms with van der Waals surface area (Å²) in [4.78, 5) is 6.81. The second-order valence-electron chi connectivity index (χ2n) is 6.53. The first kappa shape index (κ1) is 21.4. The molecule has 2 N–H and O–H groups in total. The van der Waals surface area contributed by atoms with Gasteiger partial charge in [-0.3, -0.25) is 9.20 Å². The maximum atomic E-state index is 12.0. The van der Waals surface area contributed by atoms with Crippen LogP contribution in [0.4, 0.5) is 0 Å². The average molecular weight is 359 g/mol. The van der Waals surface area contributed by atoms with Crippen molar-refractivity contribution in [3.63, 3.8) is 0 Å². The minimum atomic E-state index is -0.670. The van der Waals surface area contributed by atoms with Crippen molar-refractivity contribution in [2.24, 2.45) is 4.99 Å². The molecule has 5 nitrogen and oxygen atoms in total. The Morgan fingerprint density at radius 1 is 1.21 bits per heavy atom. The summed E-state index contributed by atoms with van der Waals surface area (Å²) in [5.74, 6) is 1.67. The highest BCUT2D eigenvalue weighted by Gasteiger charge is 2.25. The summed E-state index contributed by atoms with van der Waals surface area (Å²) in [5, 5.41) is 7.31. The van der Waals surface area contributed by atoms with Crippen LogP contribution in [-0.4, -0.2) is 65.3 Å². The van der Waals surface area contributed by atoms with Gasteiger partial charge in [-0.25, -0.2) is 0 Å². The molecule has 1 aliphatic rings. The van der Waals surface area contributed by atoms with Crippen molar-refractivity contribution in [3.05, 3.63) is 0 Å². The number of nitrogens with zero attached hydrogens (tertiary/aromatic N) is 2. The molecule has 24 heavy (non-hydrogen) atoms. The lowest BCUT2D eigenvalue weighted by Gasteiger charge is -2.30. The van der Waals surface area contributed by atoms with E-state index in [1.54, 1.807) is 0 Å². The third-order valence-electron chi connectivity index (χ3n) is 4.93. The normalized spacial score (nSPS) is 23.3. The van der Waals surface area contributed by atoms with E-state index in [0.717, 1.165) is 63.5 Å². The lowest BCUT2D eigenvalue weighted by molar-refractivity contribution is 0.297. The van der Waals surface area contributed by atoms with Gasteiger partial charge in [0.1, 0.15) is 0 Å². The summed E-state index contributed by atoms with van der Waals surface area (Å²) in [5.41, 5.74) is 0. The zero-order valence-electron chi connectivity index (χ0n) is 16.1. The topological polar surface area (TPSA) is 56.7 Å². The van der Waals surface area contributed by atoms with Crippen molar-refractivity contribution >= 4 is 16.8 Å². The van der Waals surface area contributed by atoms with Gasteiger partial charge in [0.05, 0.1) is 0 Å².